The Balaban J connectivity index is 1.97. The van der Waals surface area contributed by atoms with Crippen LogP contribution < -0.4 is 20.5 Å². The number of benzene rings is 2. The average molecular weight is 375 g/mol. The number of amides is 2. The second-order valence-corrected chi connectivity index (χ2v) is 6.57. The van der Waals surface area contributed by atoms with Crippen LogP contribution in [0.5, 0.6) is 11.5 Å². The van der Waals surface area contributed by atoms with Crippen LogP contribution in [-0.4, -0.2) is 25.5 Å². The highest BCUT2D eigenvalue weighted by molar-refractivity contribution is 6.32. The molecule has 0 spiro atoms. The highest BCUT2D eigenvalue weighted by atomic mass is 35.5. The zero-order valence-electron chi connectivity index (χ0n) is 14.5. The van der Waals surface area contributed by atoms with Gasteiger partial charge in [0, 0.05) is 24.1 Å². The molecule has 0 saturated carbocycles. The molecule has 7 heteroatoms. The number of aryl methyl sites for hydroxylation is 1. The largest absolute Gasteiger partial charge is 0.496 e. The van der Waals surface area contributed by atoms with Gasteiger partial charge in [0.15, 0.2) is 6.61 Å². The average Bonchev–Trinajstić information content (AvgIpc) is 2.59. The van der Waals surface area contributed by atoms with Crippen LogP contribution in [0.4, 0.5) is 5.69 Å². The van der Waals surface area contributed by atoms with E-state index in [4.69, 9.17) is 26.8 Å². The summed E-state index contributed by atoms with van der Waals surface area (Å²) < 4.78 is 10.6. The molecule has 0 aliphatic carbocycles. The van der Waals surface area contributed by atoms with E-state index in [1.54, 1.807) is 19.2 Å². The first kappa shape index (κ1) is 18.1. The van der Waals surface area contributed by atoms with Crippen LogP contribution in [0.2, 0.25) is 5.02 Å². The van der Waals surface area contributed by atoms with Crippen LogP contribution in [0.1, 0.15) is 29.0 Å². The number of fused-ring (bicyclic) bond motifs is 1. The Hall–Kier alpha value is -2.73. The lowest BCUT2D eigenvalue weighted by molar-refractivity contribution is -0.120. The molecule has 1 atom stereocenters. The standard InChI is InChI=1S/C19H19ClN2O4/c1-10-5-13-12(7-19(24)22-15(13)8-17(10)25-2)11-3-4-16(14(20)6-11)26-9-18(21)23/h3-6,8,12H,7,9H2,1-2H3,(H2,21,23)(H,22,24)/t12-/m1/s1. The van der Waals surface area contributed by atoms with E-state index in [0.717, 1.165) is 28.1 Å². The number of nitrogens with one attached hydrogen (secondary N) is 1. The maximum atomic E-state index is 12.2. The van der Waals surface area contributed by atoms with E-state index in [0.29, 0.717) is 17.2 Å². The molecule has 2 amide bonds. The van der Waals surface area contributed by atoms with E-state index < -0.39 is 5.91 Å². The molecule has 0 radical (unpaired) electrons. The first-order chi connectivity index (χ1) is 12.4. The van der Waals surface area contributed by atoms with Gasteiger partial charge in [-0.2, -0.15) is 0 Å². The number of carbonyl (C=O) groups excluding carboxylic acids is 2. The maximum absolute atomic E-state index is 12.2. The van der Waals surface area contributed by atoms with Gasteiger partial charge >= 0.3 is 0 Å². The number of methoxy groups -OCH3 is 1. The number of primary amides is 1. The van der Waals surface area contributed by atoms with Gasteiger partial charge in [0.1, 0.15) is 11.5 Å². The van der Waals surface area contributed by atoms with E-state index >= 15 is 0 Å². The van der Waals surface area contributed by atoms with Crippen molar-refractivity contribution in [2.24, 2.45) is 5.73 Å². The topological polar surface area (TPSA) is 90.7 Å². The smallest absolute Gasteiger partial charge is 0.255 e. The van der Waals surface area contributed by atoms with Crippen molar-refractivity contribution in [3.8, 4) is 11.5 Å². The SMILES string of the molecule is COc1cc2c(cc1C)[C@@H](c1ccc(OCC(N)=O)c(Cl)c1)CC(=O)N2. The van der Waals surface area contributed by atoms with Gasteiger partial charge in [0.05, 0.1) is 12.1 Å². The fourth-order valence-corrected chi connectivity index (χ4v) is 3.36. The number of carbonyl (C=O) groups is 2. The molecule has 0 fully saturated rings. The Morgan fingerprint density at radius 1 is 1.31 bits per heavy atom. The predicted molar refractivity (Wildman–Crippen MR) is 99.0 cm³/mol. The van der Waals surface area contributed by atoms with Crippen LogP contribution in [0.15, 0.2) is 30.3 Å². The monoisotopic (exact) mass is 374 g/mol. The third kappa shape index (κ3) is 3.60. The summed E-state index contributed by atoms with van der Waals surface area (Å²) in [5.41, 5.74) is 8.70. The minimum atomic E-state index is -0.576. The molecular weight excluding hydrogens is 356 g/mol. The fraction of sp³-hybridized carbons (Fsp3) is 0.263. The predicted octanol–water partition coefficient (Wildman–Crippen LogP) is 3.00. The molecule has 1 aliphatic rings. The highest BCUT2D eigenvalue weighted by Gasteiger charge is 2.28. The van der Waals surface area contributed by atoms with Crippen molar-refractivity contribution in [2.45, 2.75) is 19.3 Å². The molecule has 0 saturated heterocycles. The summed E-state index contributed by atoms with van der Waals surface area (Å²) in [5, 5.41) is 3.25. The molecule has 26 heavy (non-hydrogen) atoms. The Labute approximate surface area is 156 Å². The Kier molecular flexibility index (Phi) is 5.04. The maximum Gasteiger partial charge on any atom is 0.255 e. The number of rotatable bonds is 5. The molecule has 3 N–H and O–H groups in total. The molecule has 1 aliphatic heterocycles. The van der Waals surface area contributed by atoms with E-state index in [9.17, 15) is 9.59 Å². The minimum absolute atomic E-state index is 0.0708. The molecule has 1 heterocycles. The summed E-state index contributed by atoms with van der Waals surface area (Å²) in [4.78, 5) is 23.0. The van der Waals surface area contributed by atoms with Gasteiger partial charge in [-0.25, -0.2) is 0 Å². The molecular formula is C19H19ClN2O4. The van der Waals surface area contributed by atoms with E-state index in [1.165, 1.54) is 0 Å². The summed E-state index contributed by atoms with van der Waals surface area (Å²) >= 11 is 6.28. The zero-order chi connectivity index (χ0) is 18.8. The van der Waals surface area contributed by atoms with Crippen LogP contribution in [0, 0.1) is 6.92 Å². The van der Waals surface area contributed by atoms with Gasteiger partial charge in [-0.3, -0.25) is 9.59 Å². The number of halogens is 1. The van der Waals surface area contributed by atoms with E-state index in [1.807, 2.05) is 25.1 Å². The van der Waals surface area contributed by atoms with Gasteiger partial charge in [-0.05, 0) is 41.8 Å². The van der Waals surface area contributed by atoms with E-state index in [-0.39, 0.29) is 18.4 Å². The van der Waals surface area contributed by atoms with Crippen molar-refractivity contribution in [1.29, 1.82) is 0 Å². The first-order valence-corrected chi connectivity index (χ1v) is 8.45. The van der Waals surface area contributed by atoms with Crippen LogP contribution >= 0.6 is 11.6 Å². The van der Waals surface area contributed by atoms with Crippen LogP contribution in [-0.2, 0) is 9.59 Å². The number of nitrogens with two attached hydrogens (primary N) is 1. The molecule has 2 aromatic rings. The zero-order valence-corrected chi connectivity index (χ0v) is 15.2. The Bertz CT molecular complexity index is 882. The third-order valence-corrected chi connectivity index (χ3v) is 4.63. The van der Waals surface area contributed by atoms with Gasteiger partial charge in [0.25, 0.3) is 5.91 Å². The minimum Gasteiger partial charge on any atom is -0.496 e. The first-order valence-electron chi connectivity index (χ1n) is 8.08. The summed E-state index contributed by atoms with van der Waals surface area (Å²) in [5.74, 6) is 0.315. The summed E-state index contributed by atoms with van der Waals surface area (Å²) in [6.45, 7) is 1.72. The van der Waals surface area contributed by atoms with E-state index in [2.05, 4.69) is 5.32 Å². The highest BCUT2D eigenvalue weighted by Crippen LogP contribution is 2.41. The third-order valence-electron chi connectivity index (χ3n) is 4.33. The Morgan fingerprint density at radius 2 is 2.08 bits per heavy atom. The van der Waals surface area contributed by atoms with Gasteiger partial charge in [-0.1, -0.05) is 17.7 Å². The van der Waals surface area contributed by atoms with Gasteiger partial charge in [0.2, 0.25) is 5.91 Å². The number of hydrogen-bond acceptors (Lipinski definition) is 4. The molecule has 2 aromatic carbocycles. The molecule has 0 aromatic heterocycles. The Morgan fingerprint density at radius 3 is 2.73 bits per heavy atom. The molecule has 3 rings (SSSR count). The summed E-state index contributed by atoms with van der Waals surface area (Å²) in [6.07, 6.45) is 0.316. The summed E-state index contributed by atoms with van der Waals surface area (Å²) in [7, 11) is 1.60. The van der Waals surface area contributed by atoms with Crippen molar-refractivity contribution >= 4 is 29.1 Å². The van der Waals surface area contributed by atoms with Crippen LogP contribution in [0.25, 0.3) is 0 Å². The van der Waals surface area contributed by atoms with Crippen molar-refractivity contribution in [1.82, 2.24) is 0 Å². The quantitative estimate of drug-likeness (QED) is 0.841. The molecule has 136 valence electrons. The lowest BCUT2D eigenvalue weighted by Crippen LogP contribution is -2.24. The van der Waals surface area contributed by atoms with Crippen molar-refractivity contribution in [3.63, 3.8) is 0 Å². The van der Waals surface area contributed by atoms with Crippen LogP contribution in [0.3, 0.4) is 0 Å². The number of hydrogen-bond donors (Lipinski definition) is 2. The van der Waals surface area contributed by atoms with Gasteiger partial charge in [-0.15, -0.1) is 0 Å². The molecule has 0 unspecified atom stereocenters. The second-order valence-electron chi connectivity index (χ2n) is 6.16. The fourth-order valence-electron chi connectivity index (χ4n) is 3.12. The molecule has 6 nitrogen and oxygen atoms in total. The summed E-state index contributed by atoms with van der Waals surface area (Å²) in [6, 6.07) is 9.13. The van der Waals surface area contributed by atoms with Gasteiger partial charge < -0.3 is 20.5 Å². The normalized spacial score (nSPS) is 15.8. The lowest BCUT2D eigenvalue weighted by atomic mass is 9.84. The van der Waals surface area contributed by atoms with Crippen molar-refractivity contribution in [2.75, 3.05) is 19.0 Å². The van der Waals surface area contributed by atoms with Crippen molar-refractivity contribution in [3.05, 3.63) is 52.0 Å². The molecule has 0 bridgehead atoms. The second kappa shape index (κ2) is 7.25. The lowest BCUT2D eigenvalue weighted by Gasteiger charge is -2.27. The number of anilines is 1. The number of ether oxygens (including phenoxy) is 2. The van der Waals surface area contributed by atoms with Crippen molar-refractivity contribution < 1.29 is 19.1 Å².